The second-order valence-electron chi connectivity index (χ2n) is 7.33. The summed E-state index contributed by atoms with van der Waals surface area (Å²) in [6.07, 6.45) is 6.08. The highest BCUT2D eigenvalue weighted by Crippen LogP contribution is 2.29. The molecule has 1 aliphatic rings. The number of rotatable bonds is 11. The number of ether oxygens (including phenoxy) is 2. The second kappa shape index (κ2) is 12.0. The predicted octanol–water partition coefficient (Wildman–Crippen LogP) is 2.88. The molecule has 1 aromatic rings. The van der Waals surface area contributed by atoms with Crippen molar-refractivity contribution in [3.63, 3.8) is 0 Å². The zero-order valence-electron chi connectivity index (χ0n) is 17.8. The van der Waals surface area contributed by atoms with Crippen molar-refractivity contribution in [1.82, 2.24) is 15.3 Å². The molecule has 0 spiro atoms. The summed E-state index contributed by atoms with van der Waals surface area (Å²) in [6, 6.07) is 0.117. The largest absolute Gasteiger partial charge is 0.380 e. The Morgan fingerprint density at radius 1 is 1.25 bits per heavy atom. The molecule has 2 rings (SSSR count). The molecule has 1 heterocycles. The molecule has 0 bridgehead atoms. The number of nitrogens with one attached hydrogen (secondary N) is 2. The van der Waals surface area contributed by atoms with Crippen LogP contribution in [-0.2, 0) is 20.7 Å². The third-order valence-electron chi connectivity index (χ3n) is 5.17. The van der Waals surface area contributed by atoms with Crippen LogP contribution in [0.15, 0.2) is 6.20 Å². The van der Waals surface area contributed by atoms with Crippen LogP contribution in [0.2, 0.25) is 0 Å². The number of nitrogens with zero attached hydrogens (tertiary/aromatic N) is 2. The number of carbonyl (C=O) groups is 1. The predicted molar refractivity (Wildman–Crippen MR) is 110 cm³/mol. The molecule has 1 amide bonds. The van der Waals surface area contributed by atoms with Crippen LogP contribution in [0.3, 0.4) is 0 Å². The Hall–Kier alpha value is -1.73. The third-order valence-corrected chi connectivity index (χ3v) is 5.17. The first-order valence-electron chi connectivity index (χ1n) is 10.6. The number of amides is 1. The molecule has 0 radical (unpaired) electrons. The van der Waals surface area contributed by atoms with E-state index in [1.807, 2.05) is 20.0 Å². The molecule has 1 fully saturated rings. The SMILES string of the molecule is CCCO[C@H]1C[C@@H](C(=O)NCCOCC)CC[C@@H]1Nc1ncc(C)c(CC)n1. The number of aryl methyl sites for hydroxylation is 2. The van der Waals surface area contributed by atoms with Crippen LogP contribution in [0.5, 0.6) is 0 Å². The van der Waals surface area contributed by atoms with E-state index in [1.54, 1.807) is 0 Å². The molecule has 0 aromatic carbocycles. The Kier molecular flexibility index (Phi) is 9.64. The Morgan fingerprint density at radius 3 is 2.79 bits per heavy atom. The molecule has 0 saturated heterocycles. The maximum absolute atomic E-state index is 12.5. The molecule has 158 valence electrons. The van der Waals surface area contributed by atoms with E-state index < -0.39 is 0 Å². The minimum atomic E-state index is -0.0219. The number of hydrogen-bond acceptors (Lipinski definition) is 6. The lowest BCUT2D eigenvalue weighted by Gasteiger charge is -2.36. The second-order valence-corrected chi connectivity index (χ2v) is 7.33. The summed E-state index contributed by atoms with van der Waals surface area (Å²) < 4.78 is 11.4. The fourth-order valence-corrected chi connectivity index (χ4v) is 3.59. The van der Waals surface area contributed by atoms with Crippen LogP contribution in [0.25, 0.3) is 0 Å². The van der Waals surface area contributed by atoms with Crippen molar-refractivity contribution in [2.45, 2.75) is 71.9 Å². The van der Waals surface area contributed by atoms with Gasteiger partial charge in [0.25, 0.3) is 0 Å². The van der Waals surface area contributed by atoms with E-state index in [-0.39, 0.29) is 24.0 Å². The topological polar surface area (TPSA) is 85.4 Å². The lowest BCUT2D eigenvalue weighted by molar-refractivity contribution is -0.128. The van der Waals surface area contributed by atoms with Gasteiger partial charge in [-0.05, 0) is 51.5 Å². The van der Waals surface area contributed by atoms with Crippen LogP contribution in [0.1, 0.15) is 57.7 Å². The standard InChI is InChI=1S/C21H36N4O3/c1-5-11-28-19-13-16(20(26)22-10-12-27-7-3)8-9-18(19)25-21-23-14-15(4)17(6-2)24-21/h14,16,18-19H,5-13H2,1-4H3,(H,22,26)(H,23,24,25)/t16-,18-,19-/m0/s1. The van der Waals surface area contributed by atoms with Gasteiger partial charge in [-0.25, -0.2) is 9.97 Å². The number of carbonyl (C=O) groups excluding carboxylic acids is 1. The van der Waals surface area contributed by atoms with Gasteiger partial charge in [-0.3, -0.25) is 4.79 Å². The smallest absolute Gasteiger partial charge is 0.223 e. The van der Waals surface area contributed by atoms with Gasteiger partial charge >= 0.3 is 0 Å². The summed E-state index contributed by atoms with van der Waals surface area (Å²) in [7, 11) is 0. The first-order chi connectivity index (χ1) is 13.6. The zero-order chi connectivity index (χ0) is 20.4. The molecule has 1 saturated carbocycles. The molecular weight excluding hydrogens is 356 g/mol. The van der Waals surface area contributed by atoms with Gasteiger partial charge in [0.05, 0.1) is 18.8 Å². The summed E-state index contributed by atoms with van der Waals surface area (Å²) in [5.74, 6) is 0.729. The molecule has 1 aliphatic carbocycles. The van der Waals surface area contributed by atoms with Gasteiger partial charge in [-0.15, -0.1) is 0 Å². The molecular formula is C21H36N4O3. The lowest BCUT2D eigenvalue weighted by Crippen LogP contribution is -2.46. The maximum atomic E-state index is 12.5. The number of hydrogen-bond donors (Lipinski definition) is 2. The highest BCUT2D eigenvalue weighted by atomic mass is 16.5. The molecule has 7 nitrogen and oxygen atoms in total. The van der Waals surface area contributed by atoms with Gasteiger partial charge in [-0.1, -0.05) is 13.8 Å². The van der Waals surface area contributed by atoms with Crippen LogP contribution in [0.4, 0.5) is 5.95 Å². The average molecular weight is 393 g/mol. The quantitative estimate of drug-likeness (QED) is 0.563. The molecule has 7 heteroatoms. The lowest BCUT2D eigenvalue weighted by atomic mass is 9.83. The van der Waals surface area contributed by atoms with Crippen molar-refractivity contribution < 1.29 is 14.3 Å². The van der Waals surface area contributed by atoms with Gasteiger partial charge in [0.15, 0.2) is 0 Å². The Balaban J connectivity index is 1.96. The number of anilines is 1. The molecule has 28 heavy (non-hydrogen) atoms. The molecule has 0 aliphatic heterocycles. The minimum Gasteiger partial charge on any atom is -0.380 e. The average Bonchev–Trinajstić information content (AvgIpc) is 2.71. The Morgan fingerprint density at radius 2 is 2.07 bits per heavy atom. The van der Waals surface area contributed by atoms with E-state index in [0.717, 1.165) is 36.9 Å². The highest BCUT2D eigenvalue weighted by molar-refractivity contribution is 5.78. The maximum Gasteiger partial charge on any atom is 0.223 e. The van der Waals surface area contributed by atoms with Gasteiger partial charge < -0.3 is 20.1 Å². The minimum absolute atomic E-state index is 0.0216. The molecule has 3 atom stereocenters. The zero-order valence-corrected chi connectivity index (χ0v) is 17.8. The highest BCUT2D eigenvalue weighted by Gasteiger charge is 2.34. The van der Waals surface area contributed by atoms with Crippen LogP contribution in [0, 0.1) is 12.8 Å². The van der Waals surface area contributed by atoms with Crippen molar-refractivity contribution in [1.29, 1.82) is 0 Å². The van der Waals surface area contributed by atoms with E-state index in [1.165, 1.54) is 0 Å². The van der Waals surface area contributed by atoms with E-state index in [4.69, 9.17) is 9.47 Å². The summed E-state index contributed by atoms with van der Waals surface area (Å²) in [4.78, 5) is 21.6. The van der Waals surface area contributed by atoms with Crippen LogP contribution in [-0.4, -0.2) is 54.4 Å². The van der Waals surface area contributed by atoms with E-state index >= 15 is 0 Å². The van der Waals surface area contributed by atoms with Crippen molar-refractivity contribution >= 4 is 11.9 Å². The monoisotopic (exact) mass is 392 g/mol. The summed E-state index contributed by atoms with van der Waals surface area (Å²) in [5, 5.41) is 6.45. The summed E-state index contributed by atoms with van der Waals surface area (Å²) in [6.45, 7) is 10.7. The first kappa shape index (κ1) is 22.6. The van der Waals surface area contributed by atoms with E-state index in [2.05, 4.69) is 34.4 Å². The Bertz CT molecular complexity index is 611. The summed E-state index contributed by atoms with van der Waals surface area (Å²) in [5.41, 5.74) is 2.17. The van der Waals surface area contributed by atoms with Crippen LogP contribution < -0.4 is 10.6 Å². The normalized spacial score (nSPS) is 22.1. The summed E-state index contributed by atoms with van der Waals surface area (Å²) >= 11 is 0. The third kappa shape index (κ3) is 6.71. The van der Waals surface area contributed by atoms with Crippen LogP contribution >= 0.6 is 0 Å². The van der Waals surface area contributed by atoms with Crippen molar-refractivity contribution in [3.05, 3.63) is 17.5 Å². The number of aromatic nitrogens is 2. The van der Waals surface area contributed by atoms with Crippen molar-refractivity contribution in [2.24, 2.45) is 5.92 Å². The van der Waals surface area contributed by atoms with E-state index in [0.29, 0.717) is 38.7 Å². The van der Waals surface area contributed by atoms with Gasteiger partial charge in [-0.2, -0.15) is 0 Å². The van der Waals surface area contributed by atoms with Gasteiger partial charge in [0, 0.05) is 37.6 Å². The fraction of sp³-hybridized carbons (Fsp3) is 0.762. The van der Waals surface area contributed by atoms with Crippen molar-refractivity contribution in [2.75, 3.05) is 31.7 Å². The fourth-order valence-electron chi connectivity index (χ4n) is 3.59. The molecule has 1 aromatic heterocycles. The van der Waals surface area contributed by atoms with Gasteiger partial charge in [0.1, 0.15) is 0 Å². The van der Waals surface area contributed by atoms with Gasteiger partial charge in [0.2, 0.25) is 11.9 Å². The Labute approximate surface area is 169 Å². The first-order valence-corrected chi connectivity index (χ1v) is 10.6. The van der Waals surface area contributed by atoms with Crippen molar-refractivity contribution in [3.8, 4) is 0 Å². The van der Waals surface area contributed by atoms with E-state index in [9.17, 15) is 4.79 Å². The molecule has 0 unspecified atom stereocenters. The molecule has 2 N–H and O–H groups in total.